The Morgan fingerprint density at radius 1 is 1.14 bits per heavy atom. The molecule has 2 rings (SSSR count). The van der Waals surface area contributed by atoms with E-state index in [0.29, 0.717) is 0 Å². The molecule has 2 heteroatoms. The van der Waals surface area contributed by atoms with E-state index < -0.39 is 0 Å². The van der Waals surface area contributed by atoms with Crippen molar-refractivity contribution < 1.29 is 18.6 Å². The van der Waals surface area contributed by atoms with Crippen molar-refractivity contribution in [3.8, 4) is 0 Å². The molecule has 0 aliphatic carbocycles. The van der Waals surface area contributed by atoms with Crippen LogP contribution in [0.5, 0.6) is 0 Å². The van der Waals surface area contributed by atoms with Gasteiger partial charge in [0.25, 0.3) is 0 Å². The van der Waals surface area contributed by atoms with Crippen molar-refractivity contribution in [1.82, 2.24) is 0 Å². The van der Waals surface area contributed by atoms with Crippen LogP contribution >= 0.6 is 0 Å². The van der Waals surface area contributed by atoms with Crippen molar-refractivity contribution >= 4 is 0 Å². The van der Waals surface area contributed by atoms with Crippen LogP contribution in [0.15, 0.2) is 18.2 Å². The molecule has 1 aromatic rings. The number of hydrogen-bond acceptors (Lipinski definition) is 0. The summed E-state index contributed by atoms with van der Waals surface area (Å²) in [6, 6.07) is 6.65. The molecule has 77 valence electrons. The van der Waals surface area contributed by atoms with Crippen LogP contribution < -0.4 is 0 Å². The maximum atomic E-state index is 4.35. The van der Waals surface area contributed by atoms with Gasteiger partial charge in [0.2, 0.25) is 0 Å². The van der Waals surface area contributed by atoms with Crippen LogP contribution in [0.2, 0.25) is 0 Å². The zero-order valence-electron chi connectivity index (χ0n) is 9.25. The minimum absolute atomic E-state index is 0. The molecule has 0 bridgehead atoms. The summed E-state index contributed by atoms with van der Waals surface area (Å²) in [5.41, 5.74) is 4.28. The van der Waals surface area contributed by atoms with Gasteiger partial charge in [-0.2, -0.15) is 0 Å². The fraction of sp³-hybridized carbons (Fsp3) is 0.500. The van der Waals surface area contributed by atoms with E-state index in [0.717, 1.165) is 19.5 Å². The number of aryl methyl sites for hydroxylation is 1. The third-order valence-electron chi connectivity index (χ3n) is 2.18. The fourth-order valence-electron chi connectivity index (χ4n) is 1.54. The Bertz CT molecular complexity index is 271. The van der Waals surface area contributed by atoms with Gasteiger partial charge in [-0.25, -0.2) is 0 Å². The van der Waals surface area contributed by atoms with Crippen molar-refractivity contribution in [1.29, 1.82) is 0 Å². The van der Waals surface area contributed by atoms with E-state index in [-0.39, 0.29) is 18.6 Å². The standard InChI is InChI=1S/C10H12N.C2H6.V/c1-8-2-3-10-7-11-5-4-9(10)6-8;1-2;/h2-3,6H,4-5,7H2,1H3;1-2H3;/q-1;;. The van der Waals surface area contributed by atoms with E-state index >= 15 is 0 Å². The van der Waals surface area contributed by atoms with Crippen LogP contribution in [0.25, 0.3) is 5.32 Å². The minimum Gasteiger partial charge on any atom is -0.658 e. The molecule has 1 heterocycles. The van der Waals surface area contributed by atoms with Gasteiger partial charge in [0.15, 0.2) is 0 Å². The average Bonchev–Trinajstić information content (AvgIpc) is 2.21. The summed E-state index contributed by atoms with van der Waals surface area (Å²) in [7, 11) is 0. The summed E-state index contributed by atoms with van der Waals surface area (Å²) in [5, 5.41) is 4.35. The van der Waals surface area contributed by atoms with Crippen LogP contribution in [-0.4, -0.2) is 6.54 Å². The normalized spacial score (nSPS) is 13.1. The zero-order valence-corrected chi connectivity index (χ0v) is 10.6. The van der Waals surface area contributed by atoms with E-state index in [4.69, 9.17) is 0 Å². The van der Waals surface area contributed by atoms with E-state index in [1.54, 1.807) is 0 Å². The molecule has 0 aromatic heterocycles. The van der Waals surface area contributed by atoms with Crippen molar-refractivity contribution in [2.75, 3.05) is 6.54 Å². The molecule has 0 saturated heterocycles. The Hall–Kier alpha value is -0.236. The molecule has 1 radical (unpaired) electrons. The van der Waals surface area contributed by atoms with E-state index in [2.05, 4.69) is 30.4 Å². The second-order valence-corrected chi connectivity index (χ2v) is 3.13. The summed E-state index contributed by atoms with van der Waals surface area (Å²) >= 11 is 0. The van der Waals surface area contributed by atoms with Crippen molar-refractivity contribution in [3.63, 3.8) is 0 Å². The largest absolute Gasteiger partial charge is 0.658 e. The molecule has 1 nitrogen and oxygen atoms in total. The Morgan fingerprint density at radius 2 is 1.86 bits per heavy atom. The molecule has 0 N–H and O–H groups in total. The summed E-state index contributed by atoms with van der Waals surface area (Å²) in [5.74, 6) is 0. The number of hydrogen-bond donors (Lipinski definition) is 0. The minimum atomic E-state index is 0. The van der Waals surface area contributed by atoms with Crippen LogP contribution in [0.1, 0.15) is 30.5 Å². The van der Waals surface area contributed by atoms with Gasteiger partial charge in [-0.15, -0.1) is 13.1 Å². The number of nitrogens with zero attached hydrogens (tertiary/aromatic N) is 1. The van der Waals surface area contributed by atoms with Gasteiger partial charge in [0.1, 0.15) is 0 Å². The zero-order chi connectivity index (χ0) is 9.68. The Kier molecular flexibility index (Phi) is 6.99. The Balaban J connectivity index is 0.000000531. The van der Waals surface area contributed by atoms with Gasteiger partial charge >= 0.3 is 0 Å². The van der Waals surface area contributed by atoms with Gasteiger partial charge in [-0.3, -0.25) is 0 Å². The first-order valence-corrected chi connectivity index (χ1v) is 5.08. The predicted octanol–water partition coefficient (Wildman–Crippen LogP) is 3.45. The first-order chi connectivity index (χ1) is 6.36. The molecule has 0 fully saturated rings. The molecule has 0 saturated carbocycles. The van der Waals surface area contributed by atoms with Crippen molar-refractivity contribution in [3.05, 3.63) is 40.2 Å². The Labute approximate surface area is 99.2 Å². The third kappa shape index (κ3) is 3.49. The van der Waals surface area contributed by atoms with Crippen molar-refractivity contribution in [2.45, 2.75) is 33.7 Å². The van der Waals surface area contributed by atoms with E-state index in [1.165, 1.54) is 16.7 Å². The topological polar surface area (TPSA) is 14.1 Å². The molecule has 1 aliphatic heterocycles. The number of benzene rings is 1. The predicted molar refractivity (Wildman–Crippen MR) is 58.2 cm³/mol. The SMILES string of the molecule is CC.Cc1ccc2c(c1)CC[N-]C2.[V]. The molecule has 0 spiro atoms. The quantitative estimate of drug-likeness (QED) is 0.644. The van der Waals surface area contributed by atoms with Gasteiger partial charge < -0.3 is 5.32 Å². The van der Waals surface area contributed by atoms with Gasteiger partial charge in [-0.1, -0.05) is 43.2 Å². The average molecular weight is 227 g/mol. The number of rotatable bonds is 0. The van der Waals surface area contributed by atoms with Crippen LogP contribution in [0, 0.1) is 6.92 Å². The molecule has 0 atom stereocenters. The molecular weight excluding hydrogens is 209 g/mol. The molecule has 0 amide bonds. The van der Waals surface area contributed by atoms with Gasteiger partial charge in [0.05, 0.1) is 0 Å². The van der Waals surface area contributed by atoms with Gasteiger partial charge in [0, 0.05) is 18.6 Å². The van der Waals surface area contributed by atoms with Crippen molar-refractivity contribution in [2.24, 2.45) is 0 Å². The van der Waals surface area contributed by atoms with E-state index in [9.17, 15) is 0 Å². The van der Waals surface area contributed by atoms with E-state index in [1.807, 2.05) is 13.8 Å². The third-order valence-corrected chi connectivity index (χ3v) is 2.18. The van der Waals surface area contributed by atoms with Crippen LogP contribution in [0.3, 0.4) is 0 Å². The van der Waals surface area contributed by atoms with Gasteiger partial charge in [-0.05, 0) is 18.9 Å². The summed E-state index contributed by atoms with van der Waals surface area (Å²) < 4.78 is 0. The second-order valence-electron chi connectivity index (χ2n) is 3.13. The maximum absolute atomic E-state index is 4.35. The summed E-state index contributed by atoms with van der Waals surface area (Å²) in [6.07, 6.45) is 1.14. The van der Waals surface area contributed by atoms with Crippen LogP contribution in [-0.2, 0) is 31.5 Å². The summed E-state index contributed by atoms with van der Waals surface area (Å²) in [6.45, 7) is 8.08. The molecule has 1 aliphatic rings. The first kappa shape index (κ1) is 13.8. The molecular formula is C12H18NV-. The molecule has 0 unspecified atom stereocenters. The molecule has 1 aromatic carbocycles. The summed E-state index contributed by atoms with van der Waals surface area (Å²) in [4.78, 5) is 0. The van der Waals surface area contributed by atoms with Crippen LogP contribution in [0.4, 0.5) is 0 Å². The smallest absolute Gasteiger partial charge is 0 e. The first-order valence-electron chi connectivity index (χ1n) is 5.08. The molecule has 14 heavy (non-hydrogen) atoms. The monoisotopic (exact) mass is 227 g/mol. The second kappa shape index (κ2) is 7.11. The number of fused-ring (bicyclic) bond motifs is 1. The Morgan fingerprint density at radius 3 is 2.57 bits per heavy atom. The fourth-order valence-corrected chi connectivity index (χ4v) is 1.54. The maximum Gasteiger partial charge on any atom is 0 e.